The molecule has 0 amide bonds. The van der Waals surface area contributed by atoms with E-state index in [1.165, 1.54) is 18.2 Å². The van der Waals surface area contributed by atoms with Gasteiger partial charge in [-0.3, -0.25) is 14.2 Å². The van der Waals surface area contributed by atoms with Crippen LogP contribution in [0.25, 0.3) is 22.6 Å². The van der Waals surface area contributed by atoms with Crippen molar-refractivity contribution in [3.8, 4) is 22.6 Å². The molecule has 0 radical (unpaired) electrons. The van der Waals surface area contributed by atoms with Crippen molar-refractivity contribution in [3.63, 3.8) is 0 Å². The number of halogens is 2. The number of fused-ring (bicyclic) bond motifs is 5. The Balaban J connectivity index is 1.47. The Morgan fingerprint density at radius 2 is 1.82 bits per heavy atom. The smallest absolute Gasteiger partial charge is 0.135 e. The SMILES string of the molecule is C=S(C)(=O)Cc1ccnc(-c2cncc([C@@]34CC[C@@H](c5cc(-c6c(F)cccc6F)nnc53)C4(C)C)n2)c1. The highest BCUT2D eigenvalue weighted by molar-refractivity contribution is 7.98. The minimum atomic E-state index is -2.21. The summed E-state index contributed by atoms with van der Waals surface area (Å²) in [5, 5.41) is 8.90. The van der Waals surface area contributed by atoms with Crippen molar-refractivity contribution in [2.45, 2.75) is 43.8 Å². The third kappa shape index (κ3) is 3.66. The van der Waals surface area contributed by atoms with Gasteiger partial charge in [0, 0.05) is 24.4 Å². The molecule has 6 rings (SSSR count). The van der Waals surface area contributed by atoms with Gasteiger partial charge in [0.2, 0.25) is 0 Å². The molecule has 1 saturated carbocycles. The number of aromatic nitrogens is 5. The Kier molecular flexibility index (Phi) is 5.51. The number of benzene rings is 1. The maximum absolute atomic E-state index is 14.5. The normalized spacial score (nSPS) is 22.7. The van der Waals surface area contributed by atoms with Crippen LogP contribution in [-0.4, -0.2) is 41.5 Å². The summed E-state index contributed by atoms with van der Waals surface area (Å²) in [6, 6.07) is 9.29. The topological polar surface area (TPSA) is 81.5 Å². The van der Waals surface area contributed by atoms with Crippen molar-refractivity contribution in [2.75, 3.05) is 6.26 Å². The van der Waals surface area contributed by atoms with E-state index in [1.54, 1.807) is 30.9 Å². The Morgan fingerprint density at radius 3 is 2.55 bits per heavy atom. The van der Waals surface area contributed by atoms with Crippen molar-refractivity contribution < 1.29 is 13.0 Å². The van der Waals surface area contributed by atoms with Crippen molar-refractivity contribution in [1.82, 2.24) is 25.1 Å². The lowest BCUT2D eigenvalue weighted by Crippen LogP contribution is -2.38. The average Bonchev–Trinajstić information content (AvgIpc) is 3.24. The number of rotatable bonds is 5. The third-order valence-corrected chi connectivity index (χ3v) is 9.18. The molecule has 2 aliphatic rings. The molecule has 194 valence electrons. The van der Waals surface area contributed by atoms with Gasteiger partial charge in [-0.1, -0.05) is 19.9 Å². The van der Waals surface area contributed by atoms with Crippen LogP contribution in [0, 0.1) is 17.0 Å². The second-order valence-electron chi connectivity index (χ2n) is 11.0. The fourth-order valence-corrected chi connectivity index (χ4v) is 7.39. The highest BCUT2D eigenvalue weighted by atomic mass is 32.2. The average molecular weight is 532 g/mol. The molecule has 2 aliphatic carbocycles. The second-order valence-corrected chi connectivity index (χ2v) is 13.7. The van der Waals surface area contributed by atoms with Crippen molar-refractivity contribution >= 4 is 15.4 Å². The standard InChI is InChI=1S/C29H27F2N5OS/c1-28(2)19-8-10-29(28,27-18(19)13-23(35-36-27)26-20(30)6-5-7-21(26)31)25-15-32-14-24(34-25)22-12-17(9-11-33-22)16-38(3,4)37/h5-7,9,11-15,19H,3,8,10,16H2,1-2,4H3/t19-,29-,38?/m0/s1. The van der Waals surface area contributed by atoms with E-state index >= 15 is 0 Å². The molecule has 1 fully saturated rings. The van der Waals surface area contributed by atoms with Gasteiger partial charge >= 0.3 is 0 Å². The molecule has 38 heavy (non-hydrogen) atoms. The van der Waals surface area contributed by atoms with Gasteiger partial charge in [0.15, 0.2) is 0 Å². The van der Waals surface area contributed by atoms with Crippen LogP contribution in [0.15, 0.2) is 55.0 Å². The molecule has 1 unspecified atom stereocenters. The van der Waals surface area contributed by atoms with Crippen LogP contribution in [0.4, 0.5) is 8.78 Å². The number of hydrogen-bond acceptors (Lipinski definition) is 6. The van der Waals surface area contributed by atoms with E-state index < -0.39 is 26.6 Å². The Labute approximate surface area is 220 Å². The Morgan fingerprint density at radius 1 is 1.05 bits per heavy atom. The van der Waals surface area contributed by atoms with Gasteiger partial charge in [0.1, 0.15) is 17.3 Å². The molecule has 3 aromatic heterocycles. The maximum Gasteiger partial charge on any atom is 0.135 e. The van der Waals surface area contributed by atoms with Crippen LogP contribution in [0.3, 0.4) is 0 Å². The Hall–Kier alpha value is -3.59. The highest BCUT2D eigenvalue weighted by Crippen LogP contribution is 2.69. The van der Waals surface area contributed by atoms with E-state index in [0.29, 0.717) is 17.1 Å². The number of pyridine rings is 1. The number of hydrogen-bond donors (Lipinski definition) is 0. The predicted molar refractivity (Wildman–Crippen MR) is 144 cm³/mol. The summed E-state index contributed by atoms with van der Waals surface area (Å²) in [5.41, 5.74) is 3.82. The first-order valence-corrected chi connectivity index (χ1v) is 14.7. The van der Waals surface area contributed by atoms with E-state index in [2.05, 4.69) is 39.9 Å². The van der Waals surface area contributed by atoms with Crippen molar-refractivity contribution in [2.24, 2.45) is 5.41 Å². The molecule has 6 nitrogen and oxygen atoms in total. The summed E-state index contributed by atoms with van der Waals surface area (Å²) in [6.45, 7) is 4.38. The van der Waals surface area contributed by atoms with E-state index in [9.17, 15) is 13.0 Å². The first kappa shape index (κ1) is 24.7. The largest absolute Gasteiger partial charge is 0.268 e. The molecule has 0 N–H and O–H groups in total. The minimum absolute atomic E-state index is 0.128. The lowest BCUT2D eigenvalue weighted by atomic mass is 9.66. The van der Waals surface area contributed by atoms with E-state index in [-0.39, 0.29) is 22.6 Å². The lowest BCUT2D eigenvalue weighted by molar-refractivity contribution is 0.242. The fourth-order valence-electron chi connectivity index (χ4n) is 6.51. The molecule has 1 aromatic carbocycles. The molecule has 4 aromatic rings. The zero-order chi connectivity index (χ0) is 26.9. The van der Waals surface area contributed by atoms with E-state index in [4.69, 9.17) is 4.98 Å². The summed E-state index contributed by atoms with van der Waals surface area (Å²) in [6.07, 6.45) is 8.45. The number of nitrogens with zero attached hydrogens (tertiary/aromatic N) is 5. The summed E-state index contributed by atoms with van der Waals surface area (Å²) in [7, 11) is -2.21. The monoisotopic (exact) mass is 531 g/mol. The third-order valence-electron chi connectivity index (χ3n) is 8.23. The molecule has 0 aliphatic heterocycles. The minimum Gasteiger partial charge on any atom is -0.268 e. The van der Waals surface area contributed by atoms with Crippen LogP contribution in [0.2, 0.25) is 0 Å². The quantitative estimate of drug-likeness (QED) is 0.324. The van der Waals surface area contributed by atoms with Gasteiger partial charge in [0.25, 0.3) is 0 Å². The van der Waals surface area contributed by atoms with Crippen LogP contribution >= 0.6 is 0 Å². The molecule has 3 heterocycles. The molecule has 9 heteroatoms. The van der Waals surface area contributed by atoms with Gasteiger partial charge in [-0.25, -0.2) is 13.8 Å². The van der Waals surface area contributed by atoms with Gasteiger partial charge in [-0.2, -0.15) is 5.10 Å². The molecule has 0 spiro atoms. The lowest BCUT2D eigenvalue weighted by Gasteiger charge is -2.37. The van der Waals surface area contributed by atoms with Crippen molar-refractivity contribution in [3.05, 3.63) is 89.1 Å². The molecule has 2 bridgehead atoms. The fraction of sp³-hybridized carbons (Fsp3) is 0.310. The summed E-state index contributed by atoms with van der Waals surface area (Å²) in [4.78, 5) is 14.1. The predicted octanol–water partition coefficient (Wildman–Crippen LogP) is 5.32. The maximum atomic E-state index is 14.5. The van der Waals surface area contributed by atoms with E-state index in [0.717, 1.165) is 35.4 Å². The Bertz CT molecular complexity index is 1680. The van der Waals surface area contributed by atoms with Crippen LogP contribution < -0.4 is 0 Å². The first-order valence-electron chi connectivity index (χ1n) is 12.4. The zero-order valence-electron chi connectivity index (χ0n) is 21.4. The molecule has 0 saturated heterocycles. The van der Waals surface area contributed by atoms with Crippen LogP contribution in [0.1, 0.15) is 55.1 Å². The zero-order valence-corrected chi connectivity index (χ0v) is 22.2. The summed E-state index contributed by atoms with van der Waals surface area (Å²) in [5.74, 6) is 2.91. The van der Waals surface area contributed by atoms with E-state index in [1.807, 2.05) is 12.1 Å². The molecular weight excluding hydrogens is 504 g/mol. The van der Waals surface area contributed by atoms with Crippen LogP contribution in [0.5, 0.6) is 0 Å². The molecular formula is C29H27F2N5OS. The van der Waals surface area contributed by atoms with Gasteiger partial charge < -0.3 is 0 Å². The van der Waals surface area contributed by atoms with Gasteiger partial charge in [-0.15, -0.1) is 5.10 Å². The van der Waals surface area contributed by atoms with Gasteiger partial charge in [-0.05, 0) is 81.0 Å². The van der Waals surface area contributed by atoms with Gasteiger partial charge in [0.05, 0.1) is 40.0 Å². The highest BCUT2D eigenvalue weighted by Gasteiger charge is 2.65. The second kappa shape index (κ2) is 8.46. The summed E-state index contributed by atoms with van der Waals surface area (Å²) < 4.78 is 41.3. The first-order chi connectivity index (χ1) is 18.0. The molecule has 3 atom stereocenters. The summed E-state index contributed by atoms with van der Waals surface area (Å²) >= 11 is 0. The van der Waals surface area contributed by atoms with Crippen molar-refractivity contribution in [1.29, 1.82) is 0 Å². The van der Waals surface area contributed by atoms with Crippen LogP contribution in [-0.2, 0) is 20.7 Å².